The number of nitrogens with one attached hydrogen (secondary N) is 2. The van der Waals surface area contributed by atoms with Gasteiger partial charge in [0, 0.05) is 5.56 Å². The summed E-state index contributed by atoms with van der Waals surface area (Å²) in [6, 6.07) is 17.8. The van der Waals surface area contributed by atoms with Crippen LogP contribution in [0.4, 0.5) is 0 Å². The predicted molar refractivity (Wildman–Crippen MR) is 98.1 cm³/mol. The molecule has 0 fully saturated rings. The van der Waals surface area contributed by atoms with Gasteiger partial charge >= 0.3 is 5.97 Å². The first-order valence-electron chi connectivity index (χ1n) is 7.86. The molecule has 0 unspecified atom stereocenters. The van der Waals surface area contributed by atoms with Gasteiger partial charge in [0.2, 0.25) is 0 Å². The van der Waals surface area contributed by atoms with Gasteiger partial charge in [-0.15, -0.1) is 0 Å². The van der Waals surface area contributed by atoms with Crippen molar-refractivity contribution in [3.63, 3.8) is 0 Å². The number of carbonyl (C=O) groups is 3. The minimum Gasteiger partial charge on any atom is -0.480 e. The summed E-state index contributed by atoms with van der Waals surface area (Å²) in [5.74, 6) is -2.32. The zero-order chi connectivity index (χ0) is 18.8. The monoisotopic (exact) mass is 350 g/mol. The maximum atomic E-state index is 12.3. The number of aliphatic carboxylic acids is 1. The van der Waals surface area contributed by atoms with E-state index in [0.717, 1.165) is 5.56 Å². The molecular weight excluding hydrogens is 332 g/mol. The molecule has 6 nitrogen and oxygen atoms in total. The van der Waals surface area contributed by atoms with Crippen LogP contribution >= 0.6 is 0 Å². The van der Waals surface area contributed by atoms with Crippen molar-refractivity contribution in [3.05, 3.63) is 89.6 Å². The van der Waals surface area contributed by atoms with Gasteiger partial charge in [-0.3, -0.25) is 14.4 Å². The highest BCUT2D eigenvalue weighted by Gasteiger charge is 2.14. The van der Waals surface area contributed by atoms with Crippen LogP contribution in [0, 0.1) is 0 Å². The number of benzene rings is 2. The van der Waals surface area contributed by atoms with Crippen molar-refractivity contribution >= 4 is 23.9 Å². The van der Waals surface area contributed by atoms with E-state index in [-0.39, 0.29) is 5.70 Å². The van der Waals surface area contributed by atoms with Gasteiger partial charge in [0.1, 0.15) is 12.2 Å². The van der Waals surface area contributed by atoms with E-state index in [9.17, 15) is 14.4 Å². The van der Waals surface area contributed by atoms with Gasteiger partial charge in [0.25, 0.3) is 11.8 Å². The minimum atomic E-state index is -1.17. The SMILES string of the molecule is O=C(O)CNC(=O)/C(=C/C=C/c1ccccc1)NC(=O)c1ccccc1. The minimum absolute atomic E-state index is 0.0488. The van der Waals surface area contributed by atoms with E-state index in [4.69, 9.17) is 5.11 Å². The Morgan fingerprint density at radius 3 is 2.15 bits per heavy atom. The molecule has 0 aliphatic rings. The lowest BCUT2D eigenvalue weighted by Gasteiger charge is -2.09. The van der Waals surface area contributed by atoms with Crippen LogP contribution in [0.5, 0.6) is 0 Å². The van der Waals surface area contributed by atoms with Crippen molar-refractivity contribution in [2.45, 2.75) is 0 Å². The van der Waals surface area contributed by atoms with Crippen LogP contribution in [0.3, 0.4) is 0 Å². The molecule has 0 heterocycles. The second-order valence-corrected chi connectivity index (χ2v) is 5.25. The van der Waals surface area contributed by atoms with Crippen LogP contribution in [-0.4, -0.2) is 29.4 Å². The fraction of sp³-hybridized carbons (Fsp3) is 0.0500. The Bertz CT molecular complexity index is 827. The van der Waals surface area contributed by atoms with E-state index < -0.39 is 24.3 Å². The first kappa shape index (κ1) is 18.7. The average molecular weight is 350 g/mol. The van der Waals surface area contributed by atoms with E-state index in [1.165, 1.54) is 6.08 Å². The summed E-state index contributed by atoms with van der Waals surface area (Å²) in [7, 11) is 0. The van der Waals surface area contributed by atoms with Crippen LogP contribution in [0.2, 0.25) is 0 Å². The highest BCUT2D eigenvalue weighted by atomic mass is 16.4. The number of rotatable bonds is 7. The van der Waals surface area contributed by atoms with Crippen LogP contribution in [-0.2, 0) is 9.59 Å². The van der Waals surface area contributed by atoms with Crippen molar-refractivity contribution in [1.29, 1.82) is 0 Å². The first-order valence-corrected chi connectivity index (χ1v) is 7.86. The topological polar surface area (TPSA) is 95.5 Å². The molecule has 2 aromatic rings. The summed E-state index contributed by atoms with van der Waals surface area (Å²) < 4.78 is 0. The predicted octanol–water partition coefficient (Wildman–Crippen LogP) is 2.21. The molecule has 0 bridgehead atoms. The molecule has 6 heteroatoms. The molecule has 0 saturated heterocycles. The van der Waals surface area contributed by atoms with Crippen molar-refractivity contribution in [2.24, 2.45) is 0 Å². The van der Waals surface area contributed by atoms with Crippen molar-refractivity contribution in [3.8, 4) is 0 Å². The fourth-order valence-electron chi connectivity index (χ4n) is 2.03. The third kappa shape index (κ3) is 6.09. The number of amides is 2. The Labute approximate surface area is 150 Å². The Morgan fingerprint density at radius 1 is 0.923 bits per heavy atom. The summed E-state index contributed by atoms with van der Waals surface area (Å²) in [5.41, 5.74) is 1.26. The average Bonchev–Trinajstić information content (AvgIpc) is 2.66. The molecule has 0 aromatic heterocycles. The van der Waals surface area contributed by atoms with Crippen molar-refractivity contribution < 1.29 is 19.5 Å². The van der Waals surface area contributed by atoms with E-state index in [1.54, 1.807) is 42.5 Å². The third-order valence-corrected chi connectivity index (χ3v) is 3.28. The summed E-state index contributed by atoms with van der Waals surface area (Å²) >= 11 is 0. The van der Waals surface area contributed by atoms with E-state index in [2.05, 4.69) is 10.6 Å². The highest BCUT2D eigenvalue weighted by Crippen LogP contribution is 2.04. The molecule has 0 spiro atoms. The van der Waals surface area contributed by atoms with E-state index in [0.29, 0.717) is 5.56 Å². The molecule has 3 N–H and O–H groups in total. The first-order chi connectivity index (χ1) is 12.6. The molecule has 2 amide bonds. The van der Waals surface area contributed by atoms with Gasteiger partial charge in [0.05, 0.1) is 0 Å². The zero-order valence-electron chi connectivity index (χ0n) is 13.9. The largest absolute Gasteiger partial charge is 0.480 e. The number of carboxylic acid groups (broad SMARTS) is 1. The van der Waals surface area contributed by atoms with Gasteiger partial charge in [-0.2, -0.15) is 0 Å². The quantitative estimate of drug-likeness (QED) is 0.527. The molecule has 0 aliphatic heterocycles. The molecule has 0 saturated carbocycles. The van der Waals surface area contributed by atoms with Gasteiger partial charge in [-0.05, 0) is 23.8 Å². The smallest absolute Gasteiger partial charge is 0.322 e. The van der Waals surface area contributed by atoms with Crippen LogP contribution < -0.4 is 10.6 Å². The fourth-order valence-corrected chi connectivity index (χ4v) is 2.03. The molecule has 2 aromatic carbocycles. The van der Waals surface area contributed by atoms with Gasteiger partial charge in [-0.1, -0.05) is 60.7 Å². The Balaban J connectivity index is 2.16. The molecule has 0 aliphatic carbocycles. The second kappa shape index (κ2) is 9.58. The molecular formula is C20H18N2O4. The van der Waals surface area contributed by atoms with Gasteiger partial charge in [0.15, 0.2) is 0 Å². The van der Waals surface area contributed by atoms with Crippen LogP contribution in [0.25, 0.3) is 6.08 Å². The summed E-state index contributed by atoms with van der Waals surface area (Å²) in [6.45, 7) is -0.542. The lowest BCUT2D eigenvalue weighted by molar-refractivity contribution is -0.137. The van der Waals surface area contributed by atoms with Gasteiger partial charge in [-0.25, -0.2) is 0 Å². The lowest BCUT2D eigenvalue weighted by atomic mass is 10.2. The highest BCUT2D eigenvalue weighted by molar-refractivity contribution is 6.03. The number of carbonyl (C=O) groups excluding carboxylic acids is 2. The van der Waals surface area contributed by atoms with E-state index >= 15 is 0 Å². The normalized spacial score (nSPS) is 11.2. The van der Waals surface area contributed by atoms with Crippen molar-refractivity contribution in [1.82, 2.24) is 10.6 Å². The zero-order valence-corrected chi connectivity index (χ0v) is 13.9. The van der Waals surface area contributed by atoms with Crippen LogP contribution in [0.15, 0.2) is 78.5 Å². The molecule has 132 valence electrons. The second-order valence-electron chi connectivity index (χ2n) is 5.25. The van der Waals surface area contributed by atoms with E-state index in [1.807, 2.05) is 30.3 Å². The Hall–Kier alpha value is -3.67. The van der Waals surface area contributed by atoms with Crippen LogP contribution in [0.1, 0.15) is 15.9 Å². The molecule has 0 atom stereocenters. The lowest BCUT2D eigenvalue weighted by Crippen LogP contribution is -2.37. The Kier molecular flexibility index (Phi) is 6.88. The summed E-state index contributed by atoms with van der Waals surface area (Å²) in [6.07, 6.45) is 4.79. The Morgan fingerprint density at radius 2 is 1.54 bits per heavy atom. The standard InChI is InChI=1S/C20H18N2O4/c23-18(24)14-21-20(26)17(13-7-10-15-8-3-1-4-9-15)22-19(25)16-11-5-2-6-12-16/h1-13H,14H2,(H,21,26)(H,22,25)(H,23,24)/b10-7+,17-13-. The number of allylic oxidation sites excluding steroid dienone is 2. The van der Waals surface area contributed by atoms with Gasteiger partial charge < -0.3 is 15.7 Å². The summed E-state index contributed by atoms with van der Waals surface area (Å²) in [5, 5.41) is 13.4. The summed E-state index contributed by atoms with van der Waals surface area (Å²) in [4.78, 5) is 35.1. The molecule has 0 radical (unpaired) electrons. The number of hydrogen-bond acceptors (Lipinski definition) is 3. The van der Waals surface area contributed by atoms with Crippen molar-refractivity contribution in [2.75, 3.05) is 6.54 Å². The third-order valence-electron chi connectivity index (χ3n) is 3.28. The number of carboxylic acids is 1. The maximum Gasteiger partial charge on any atom is 0.322 e. The molecule has 26 heavy (non-hydrogen) atoms. The molecule has 2 rings (SSSR count). The maximum absolute atomic E-state index is 12.3. The number of hydrogen-bond donors (Lipinski definition) is 3.